The maximum absolute atomic E-state index is 12.2. The minimum atomic E-state index is -0.796. The molecule has 2 aromatic rings. The van der Waals surface area contributed by atoms with Crippen LogP contribution in [0.15, 0.2) is 53.5 Å². The molecule has 1 aromatic carbocycles. The predicted octanol–water partition coefficient (Wildman–Crippen LogP) is 0.760. The fourth-order valence-electron chi connectivity index (χ4n) is 2.19. The van der Waals surface area contributed by atoms with Crippen molar-refractivity contribution in [3.63, 3.8) is 0 Å². The summed E-state index contributed by atoms with van der Waals surface area (Å²) < 4.78 is 1.30. The Morgan fingerprint density at radius 2 is 1.87 bits per heavy atom. The van der Waals surface area contributed by atoms with Crippen LogP contribution in [0.5, 0.6) is 0 Å². The van der Waals surface area contributed by atoms with E-state index >= 15 is 0 Å². The number of benzene rings is 1. The molecule has 1 atom stereocenters. The van der Waals surface area contributed by atoms with E-state index in [4.69, 9.17) is 0 Å². The monoisotopic (exact) mass is 313 g/mol. The number of pyridine rings is 1. The second-order valence-electron chi connectivity index (χ2n) is 5.20. The number of amides is 2. The van der Waals surface area contributed by atoms with Crippen LogP contribution in [-0.2, 0) is 16.1 Å². The highest BCUT2D eigenvalue weighted by Crippen LogP contribution is 2.12. The topological polar surface area (TPSA) is 80.2 Å². The number of hydrogen-bond acceptors (Lipinski definition) is 3. The lowest BCUT2D eigenvalue weighted by Crippen LogP contribution is -2.41. The van der Waals surface area contributed by atoms with Gasteiger partial charge >= 0.3 is 0 Å². The van der Waals surface area contributed by atoms with E-state index in [1.54, 1.807) is 36.5 Å². The van der Waals surface area contributed by atoms with E-state index in [0.717, 1.165) is 5.56 Å². The maximum Gasteiger partial charge on any atom is 0.251 e. The number of carbonyl (C=O) groups excluding carboxylic acids is 2. The zero-order valence-corrected chi connectivity index (χ0v) is 13.1. The van der Waals surface area contributed by atoms with Gasteiger partial charge in [-0.1, -0.05) is 30.3 Å². The predicted molar refractivity (Wildman–Crippen MR) is 86.8 cm³/mol. The van der Waals surface area contributed by atoms with Gasteiger partial charge in [-0.3, -0.25) is 14.4 Å². The zero-order valence-electron chi connectivity index (χ0n) is 13.1. The van der Waals surface area contributed by atoms with E-state index in [2.05, 4.69) is 10.6 Å². The van der Waals surface area contributed by atoms with Crippen molar-refractivity contribution in [1.29, 1.82) is 0 Å². The highest BCUT2D eigenvalue weighted by molar-refractivity contribution is 5.88. The number of carbonyl (C=O) groups is 2. The molecule has 0 fully saturated rings. The molecule has 6 heteroatoms. The summed E-state index contributed by atoms with van der Waals surface area (Å²) in [6.07, 6.45) is 1.56. The lowest BCUT2D eigenvalue weighted by molar-refractivity contribution is -0.129. The Morgan fingerprint density at radius 3 is 2.48 bits per heavy atom. The number of aromatic nitrogens is 1. The molecule has 0 aliphatic rings. The summed E-state index contributed by atoms with van der Waals surface area (Å²) in [6, 6.07) is 11.4. The van der Waals surface area contributed by atoms with Gasteiger partial charge in [0.25, 0.3) is 5.56 Å². The molecule has 0 bridgehead atoms. The van der Waals surface area contributed by atoms with Gasteiger partial charge in [-0.15, -0.1) is 0 Å². The van der Waals surface area contributed by atoms with Gasteiger partial charge in [0.15, 0.2) is 0 Å². The first-order chi connectivity index (χ1) is 11.0. The van der Waals surface area contributed by atoms with E-state index < -0.39 is 11.9 Å². The first-order valence-electron chi connectivity index (χ1n) is 7.24. The van der Waals surface area contributed by atoms with Gasteiger partial charge in [-0.05, 0) is 24.1 Å². The third-order valence-electron chi connectivity index (χ3n) is 3.41. The standard InChI is InChI=1S/C17H19N3O3/c1-12-8-9-20(15(22)10-12)11-14(21)19-16(17(23)18-2)13-6-4-3-5-7-13/h3-10,16H,11H2,1-2H3,(H,18,23)(H,19,21). The summed E-state index contributed by atoms with van der Waals surface area (Å²) in [5.41, 5.74) is 1.26. The molecule has 2 N–H and O–H groups in total. The zero-order chi connectivity index (χ0) is 16.8. The summed E-state index contributed by atoms with van der Waals surface area (Å²) in [6.45, 7) is 1.67. The molecule has 0 aliphatic heterocycles. The summed E-state index contributed by atoms with van der Waals surface area (Å²) in [5.74, 6) is -0.728. The SMILES string of the molecule is CNC(=O)C(NC(=O)Cn1ccc(C)cc1=O)c1ccccc1. The highest BCUT2D eigenvalue weighted by atomic mass is 16.2. The van der Waals surface area contributed by atoms with Gasteiger partial charge in [0.2, 0.25) is 11.8 Å². The molecule has 0 radical (unpaired) electrons. The Labute approximate surface area is 134 Å². The summed E-state index contributed by atoms with van der Waals surface area (Å²) in [5, 5.41) is 5.19. The number of nitrogens with zero attached hydrogens (tertiary/aromatic N) is 1. The second kappa shape index (κ2) is 7.40. The van der Waals surface area contributed by atoms with E-state index in [-0.39, 0.29) is 18.0 Å². The lowest BCUT2D eigenvalue weighted by atomic mass is 10.1. The maximum atomic E-state index is 12.2. The molecular formula is C17H19N3O3. The number of hydrogen-bond donors (Lipinski definition) is 2. The van der Waals surface area contributed by atoms with Crippen LogP contribution < -0.4 is 16.2 Å². The third-order valence-corrected chi connectivity index (χ3v) is 3.41. The van der Waals surface area contributed by atoms with Gasteiger partial charge in [0.05, 0.1) is 0 Å². The van der Waals surface area contributed by atoms with Gasteiger partial charge in [-0.25, -0.2) is 0 Å². The molecule has 1 aromatic heterocycles. The first-order valence-corrected chi connectivity index (χ1v) is 7.24. The molecule has 2 amide bonds. The Balaban J connectivity index is 2.15. The van der Waals surface area contributed by atoms with Crippen LogP contribution in [0.1, 0.15) is 17.2 Å². The first kappa shape index (κ1) is 16.5. The molecule has 23 heavy (non-hydrogen) atoms. The van der Waals surface area contributed by atoms with Crippen LogP contribution >= 0.6 is 0 Å². The molecule has 1 unspecified atom stereocenters. The Hall–Kier alpha value is -2.89. The van der Waals surface area contributed by atoms with Crippen LogP contribution in [0.3, 0.4) is 0 Å². The normalized spacial score (nSPS) is 11.6. The van der Waals surface area contributed by atoms with Crippen LogP contribution in [0, 0.1) is 6.92 Å². The highest BCUT2D eigenvalue weighted by Gasteiger charge is 2.21. The number of rotatable bonds is 5. The second-order valence-corrected chi connectivity index (χ2v) is 5.20. The van der Waals surface area contributed by atoms with Crippen molar-refractivity contribution in [3.05, 3.63) is 70.1 Å². The average molecular weight is 313 g/mol. The Morgan fingerprint density at radius 1 is 1.17 bits per heavy atom. The largest absolute Gasteiger partial charge is 0.357 e. The van der Waals surface area contributed by atoms with Crippen molar-refractivity contribution >= 4 is 11.8 Å². The van der Waals surface area contributed by atoms with Crippen LogP contribution in [0.4, 0.5) is 0 Å². The van der Waals surface area contributed by atoms with Crippen molar-refractivity contribution in [2.24, 2.45) is 0 Å². The molecular weight excluding hydrogens is 294 g/mol. The van der Waals surface area contributed by atoms with Crippen LogP contribution in [0.2, 0.25) is 0 Å². The van der Waals surface area contributed by atoms with Gasteiger partial charge in [0.1, 0.15) is 12.6 Å². The molecule has 0 aliphatic carbocycles. The average Bonchev–Trinajstić information content (AvgIpc) is 2.55. The summed E-state index contributed by atoms with van der Waals surface area (Å²) in [7, 11) is 1.51. The fourth-order valence-corrected chi connectivity index (χ4v) is 2.19. The quantitative estimate of drug-likeness (QED) is 0.855. The molecule has 2 rings (SSSR count). The van der Waals surface area contributed by atoms with E-state index in [1.807, 2.05) is 13.0 Å². The lowest BCUT2D eigenvalue weighted by Gasteiger charge is -2.18. The van der Waals surface area contributed by atoms with Crippen molar-refractivity contribution in [2.45, 2.75) is 19.5 Å². The molecule has 0 spiro atoms. The Kier molecular flexibility index (Phi) is 5.30. The van der Waals surface area contributed by atoms with Crippen molar-refractivity contribution < 1.29 is 9.59 Å². The fraction of sp³-hybridized carbons (Fsp3) is 0.235. The number of nitrogens with one attached hydrogen (secondary N) is 2. The van der Waals surface area contributed by atoms with Crippen molar-refractivity contribution in [1.82, 2.24) is 15.2 Å². The van der Waals surface area contributed by atoms with Gasteiger partial charge in [0, 0.05) is 19.3 Å². The van der Waals surface area contributed by atoms with Gasteiger partial charge in [-0.2, -0.15) is 0 Å². The van der Waals surface area contributed by atoms with E-state index in [0.29, 0.717) is 5.56 Å². The molecule has 1 heterocycles. The van der Waals surface area contributed by atoms with Crippen molar-refractivity contribution in [2.75, 3.05) is 7.05 Å². The molecule has 0 saturated heterocycles. The smallest absolute Gasteiger partial charge is 0.251 e. The molecule has 6 nitrogen and oxygen atoms in total. The number of aryl methyl sites for hydroxylation is 1. The van der Waals surface area contributed by atoms with E-state index in [9.17, 15) is 14.4 Å². The minimum absolute atomic E-state index is 0.139. The van der Waals surface area contributed by atoms with Gasteiger partial charge < -0.3 is 15.2 Å². The third kappa shape index (κ3) is 4.29. The minimum Gasteiger partial charge on any atom is -0.357 e. The van der Waals surface area contributed by atoms with E-state index in [1.165, 1.54) is 17.7 Å². The van der Waals surface area contributed by atoms with Crippen LogP contribution in [0.25, 0.3) is 0 Å². The molecule has 0 saturated carbocycles. The Bertz CT molecular complexity index is 753. The summed E-state index contributed by atoms with van der Waals surface area (Å²) >= 11 is 0. The summed E-state index contributed by atoms with van der Waals surface area (Å²) in [4.78, 5) is 36.0. The number of likely N-dealkylation sites (N-methyl/N-ethyl adjacent to an activating group) is 1. The molecule has 120 valence electrons. The van der Waals surface area contributed by atoms with Crippen molar-refractivity contribution in [3.8, 4) is 0 Å². The van der Waals surface area contributed by atoms with Crippen LogP contribution in [-0.4, -0.2) is 23.4 Å².